The second kappa shape index (κ2) is 5.84. The van der Waals surface area contributed by atoms with E-state index in [1.807, 2.05) is 0 Å². The van der Waals surface area contributed by atoms with Gasteiger partial charge in [0.05, 0.1) is 24.2 Å². The SMILES string of the molecule is CCOC(=O)c1nc2ccc(Cl)cc2nc1OCC. The van der Waals surface area contributed by atoms with Crippen molar-refractivity contribution in [1.82, 2.24) is 9.97 Å². The minimum Gasteiger partial charge on any atom is -0.476 e. The average Bonchev–Trinajstić information content (AvgIpc) is 2.38. The van der Waals surface area contributed by atoms with Gasteiger partial charge in [-0.1, -0.05) is 11.6 Å². The van der Waals surface area contributed by atoms with Gasteiger partial charge in [-0.25, -0.2) is 14.8 Å². The van der Waals surface area contributed by atoms with Gasteiger partial charge >= 0.3 is 5.97 Å². The van der Waals surface area contributed by atoms with E-state index in [1.54, 1.807) is 32.0 Å². The van der Waals surface area contributed by atoms with E-state index in [2.05, 4.69) is 9.97 Å². The molecule has 6 heteroatoms. The number of hydrogen-bond acceptors (Lipinski definition) is 5. The van der Waals surface area contributed by atoms with Gasteiger partial charge in [0.2, 0.25) is 11.6 Å². The van der Waals surface area contributed by atoms with Gasteiger partial charge in [0.25, 0.3) is 0 Å². The molecule has 0 unspecified atom stereocenters. The van der Waals surface area contributed by atoms with E-state index < -0.39 is 5.97 Å². The Morgan fingerprint density at radius 2 is 2.00 bits per heavy atom. The molecule has 0 amide bonds. The maximum Gasteiger partial charge on any atom is 0.362 e. The Balaban J connectivity index is 2.56. The number of rotatable bonds is 4. The number of esters is 1. The Morgan fingerprint density at radius 3 is 2.68 bits per heavy atom. The number of nitrogens with zero attached hydrogens (tertiary/aromatic N) is 2. The Morgan fingerprint density at radius 1 is 1.21 bits per heavy atom. The number of ether oxygens (including phenoxy) is 2. The molecule has 0 bridgehead atoms. The molecule has 0 atom stereocenters. The number of carbonyl (C=O) groups is 1. The molecule has 0 N–H and O–H groups in total. The maximum atomic E-state index is 11.8. The van der Waals surface area contributed by atoms with Crippen LogP contribution in [0.4, 0.5) is 0 Å². The van der Waals surface area contributed by atoms with Crippen molar-refractivity contribution in [2.45, 2.75) is 13.8 Å². The predicted octanol–water partition coefficient (Wildman–Crippen LogP) is 2.86. The van der Waals surface area contributed by atoms with Crippen molar-refractivity contribution in [2.24, 2.45) is 0 Å². The number of carbonyl (C=O) groups excluding carboxylic acids is 1. The van der Waals surface area contributed by atoms with Crippen molar-refractivity contribution in [3.05, 3.63) is 28.9 Å². The third kappa shape index (κ3) is 2.93. The van der Waals surface area contributed by atoms with Crippen LogP contribution in [-0.4, -0.2) is 29.2 Å². The largest absolute Gasteiger partial charge is 0.476 e. The van der Waals surface area contributed by atoms with Crippen molar-refractivity contribution < 1.29 is 14.3 Å². The van der Waals surface area contributed by atoms with Gasteiger partial charge in [-0.05, 0) is 32.0 Å². The van der Waals surface area contributed by atoms with E-state index in [4.69, 9.17) is 21.1 Å². The summed E-state index contributed by atoms with van der Waals surface area (Å²) in [4.78, 5) is 20.3. The summed E-state index contributed by atoms with van der Waals surface area (Å²) < 4.78 is 10.3. The Hall–Kier alpha value is -1.88. The van der Waals surface area contributed by atoms with E-state index in [-0.39, 0.29) is 18.2 Å². The lowest BCUT2D eigenvalue weighted by molar-refractivity contribution is 0.0514. The van der Waals surface area contributed by atoms with Gasteiger partial charge < -0.3 is 9.47 Å². The maximum absolute atomic E-state index is 11.8. The van der Waals surface area contributed by atoms with Gasteiger partial charge in [-0.3, -0.25) is 0 Å². The first-order valence-corrected chi connectivity index (χ1v) is 6.30. The normalized spacial score (nSPS) is 10.5. The molecule has 0 fully saturated rings. The highest BCUT2D eigenvalue weighted by Gasteiger charge is 2.18. The van der Waals surface area contributed by atoms with Crippen LogP contribution >= 0.6 is 11.6 Å². The van der Waals surface area contributed by atoms with Crippen LogP contribution in [0.3, 0.4) is 0 Å². The van der Waals surface area contributed by atoms with Crippen molar-refractivity contribution in [2.75, 3.05) is 13.2 Å². The fourth-order valence-corrected chi connectivity index (χ4v) is 1.75. The molecule has 19 heavy (non-hydrogen) atoms. The molecule has 1 heterocycles. The first kappa shape index (κ1) is 13.5. The van der Waals surface area contributed by atoms with Crippen LogP contribution in [0, 0.1) is 0 Å². The highest BCUT2D eigenvalue weighted by molar-refractivity contribution is 6.31. The molecular weight excluding hydrogens is 268 g/mol. The topological polar surface area (TPSA) is 61.3 Å². The molecule has 2 rings (SSSR count). The molecule has 5 nitrogen and oxygen atoms in total. The van der Waals surface area contributed by atoms with Crippen LogP contribution in [0.1, 0.15) is 24.3 Å². The van der Waals surface area contributed by atoms with Crippen molar-refractivity contribution >= 4 is 28.6 Å². The quantitative estimate of drug-likeness (QED) is 0.806. The van der Waals surface area contributed by atoms with E-state index in [0.717, 1.165) is 0 Å². The van der Waals surface area contributed by atoms with Gasteiger partial charge in [-0.15, -0.1) is 0 Å². The lowest BCUT2D eigenvalue weighted by Crippen LogP contribution is -2.11. The summed E-state index contributed by atoms with van der Waals surface area (Å²) in [6.45, 7) is 4.18. The van der Waals surface area contributed by atoms with Crippen molar-refractivity contribution in [3.8, 4) is 5.88 Å². The van der Waals surface area contributed by atoms with Crippen molar-refractivity contribution in [3.63, 3.8) is 0 Å². The molecular formula is C13H13ClN2O3. The fourth-order valence-electron chi connectivity index (χ4n) is 1.58. The zero-order valence-corrected chi connectivity index (χ0v) is 11.4. The van der Waals surface area contributed by atoms with Crippen LogP contribution in [-0.2, 0) is 4.74 Å². The monoisotopic (exact) mass is 280 g/mol. The molecule has 0 spiro atoms. The third-order valence-electron chi connectivity index (χ3n) is 2.34. The zero-order valence-electron chi connectivity index (χ0n) is 10.6. The lowest BCUT2D eigenvalue weighted by atomic mass is 10.3. The molecule has 1 aromatic heterocycles. The molecule has 0 radical (unpaired) electrons. The van der Waals surface area contributed by atoms with E-state index in [0.29, 0.717) is 22.7 Å². The smallest absolute Gasteiger partial charge is 0.362 e. The second-order valence-electron chi connectivity index (χ2n) is 3.66. The molecule has 0 aliphatic carbocycles. The number of fused-ring (bicyclic) bond motifs is 1. The second-order valence-corrected chi connectivity index (χ2v) is 4.10. The minimum atomic E-state index is -0.546. The Kier molecular flexibility index (Phi) is 4.16. The summed E-state index contributed by atoms with van der Waals surface area (Å²) in [7, 11) is 0. The number of benzene rings is 1. The molecule has 0 aliphatic rings. The van der Waals surface area contributed by atoms with Crippen LogP contribution < -0.4 is 4.74 Å². The molecule has 0 aliphatic heterocycles. The van der Waals surface area contributed by atoms with E-state index >= 15 is 0 Å². The zero-order chi connectivity index (χ0) is 13.8. The summed E-state index contributed by atoms with van der Waals surface area (Å²) in [5, 5.41) is 0.549. The molecule has 0 saturated carbocycles. The fraction of sp³-hybridized carbons (Fsp3) is 0.308. The summed E-state index contributed by atoms with van der Waals surface area (Å²) in [5.74, 6) is -0.383. The standard InChI is InChI=1S/C13H13ClN2O3/c1-3-18-12-11(13(17)19-4-2)15-9-6-5-8(14)7-10(9)16-12/h5-7H,3-4H2,1-2H3. The molecule has 0 saturated heterocycles. The summed E-state index contributed by atoms with van der Waals surface area (Å²) in [5.41, 5.74) is 1.22. The molecule has 2 aromatic rings. The lowest BCUT2D eigenvalue weighted by Gasteiger charge is -2.09. The Labute approximate surface area is 115 Å². The summed E-state index contributed by atoms with van der Waals surface area (Å²) >= 11 is 5.90. The molecule has 1 aromatic carbocycles. The highest BCUT2D eigenvalue weighted by Crippen LogP contribution is 2.22. The van der Waals surface area contributed by atoms with Gasteiger partial charge in [0.1, 0.15) is 0 Å². The summed E-state index contributed by atoms with van der Waals surface area (Å²) in [6, 6.07) is 5.05. The van der Waals surface area contributed by atoms with Gasteiger partial charge in [0.15, 0.2) is 0 Å². The van der Waals surface area contributed by atoms with E-state index in [9.17, 15) is 4.79 Å². The highest BCUT2D eigenvalue weighted by atomic mass is 35.5. The first-order chi connectivity index (χ1) is 9.15. The number of hydrogen-bond donors (Lipinski definition) is 0. The third-order valence-corrected chi connectivity index (χ3v) is 2.58. The van der Waals surface area contributed by atoms with E-state index in [1.165, 1.54) is 0 Å². The van der Waals surface area contributed by atoms with Crippen LogP contribution in [0.25, 0.3) is 11.0 Å². The van der Waals surface area contributed by atoms with Gasteiger partial charge in [0, 0.05) is 5.02 Å². The number of aromatic nitrogens is 2. The van der Waals surface area contributed by atoms with Crippen LogP contribution in [0.5, 0.6) is 5.88 Å². The van der Waals surface area contributed by atoms with Gasteiger partial charge in [-0.2, -0.15) is 0 Å². The minimum absolute atomic E-state index is 0.0820. The average molecular weight is 281 g/mol. The number of halogens is 1. The Bertz CT molecular complexity index is 616. The predicted molar refractivity (Wildman–Crippen MR) is 71.7 cm³/mol. The first-order valence-electron chi connectivity index (χ1n) is 5.93. The van der Waals surface area contributed by atoms with Crippen LogP contribution in [0.15, 0.2) is 18.2 Å². The van der Waals surface area contributed by atoms with Crippen molar-refractivity contribution in [1.29, 1.82) is 0 Å². The van der Waals surface area contributed by atoms with Crippen LogP contribution in [0.2, 0.25) is 5.02 Å². The molecule has 100 valence electrons. The summed E-state index contributed by atoms with van der Waals surface area (Å²) in [6.07, 6.45) is 0.